The third-order valence-corrected chi connectivity index (χ3v) is 3.34. The number of halogens is 1. The fourth-order valence-electron chi connectivity index (χ4n) is 2.06. The van der Waals surface area contributed by atoms with Crippen molar-refractivity contribution in [1.29, 1.82) is 0 Å². The Kier molecular flexibility index (Phi) is 5.92. The molecule has 0 spiro atoms. The molecule has 0 radical (unpaired) electrons. The zero-order valence-electron chi connectivity index (χ0n) is 13.0. The lowest BCUT2D eigenvalue weighted by Gasteiger charge is -2.06. The van der Waals surface area contributed by atoms with Crippen molar-refractivity contribution >= 4 is 17.6 Å². The summed E-state index contributed by atoms with van der Waals surface area (Å²) in [7, 11) is 0. The highest BCUT2D eigenvalue weighted by molar-refractivity contribution is 6.20. The van der Waals surface area contributed by atoms with Gasteiger partial charge in [-0.2, -0.15) is 0 Å². The van der Waals surface area contributed by atoms with Crippen LogP contribution >= 0.6 is 0 Å². The fourth-order valence-corrected chi connectivity index (χ4v) is 2.06. The van der Waals surface area contributed by atoms with Crippen LogP contribution in [-0.4, -0.2) is 17.7 Å². The summed E-state index contributed by atoms with van der Waals surface area (Å²) < 4.78 is 18.5. The second kappa shape index (κ2) is 8.13. The zero-order chi connectivity index (χ0) is 16.7. The first-order valence-corrected chi connectivity index (χ1v) is 7.54. The molecule has 23 heavy (non-hydrogen) atoms. The van der Waals surface area contributed by atoms with Gasteiger partial charge in [-0.05, 0) is 47.9 Å². The van der Waals surface area contributed by atoms with Gasteiger partial charge in [-0.15, -0.1) is 0 Å². The van der Waals surface area contributed by atoms with Gasteiger partial charge >= 0.3 is 5.97 Å². The van der Waals surface area contributed by atoms with Crippen molar-refractivity contribution in [2.45, 2.75) is 19.8 Å². The Hall–Kier alpha value is -2.62. The Labute approximate surface area is 135 Å². The van der Waals surface area contributed by atoms with Crippen molar-refractivity contribution in [3.05, 3.63) is 65.5 Å². The first-order chi connectivity index (χ1) is 11.1. The van der Waals surface area contributed by atoms with E-state index in [1.807, 2.05) is 12.1 Å². The maximum Gasteiger partial charge on any atom is 0.336 e. The maximum absolute atomic E-state index is 13.0. The van der Waals surface area contributed by atoms with Crippen LogP contribution in [0.5, 0.6) is 5.75 Å². The van der Waals surface area contributed by atoms with E-state index in [0.717, 1.165) is 24.2 Å². The van der Waals surface area contributed by atoms with Crippen LogP contribution in [0.1, 0.15) is 30.9 Å². The number of unbranched alkanes of at least 4 members (excludes halogenated alkanes) is 1. The van der Waals surface area contributed by atoms with E-state index in [1.165, 1.54) is 24.3 Å². The highest BCUT2D eigenvalue weighted by atomic mass is 19.1. The zero-order valence-corrected chi connectivity index (χ0v) is 13.0. The molecule has 4 heteroatoms. The molecule has 0 aliphatic carbocycles. The van der Waals surface area contributed by atoms with Crippen LogP contribution in [-0.2, 0) is 4.79 Å². The van der Waals surface area contributed by atoms with Gasteiger partial charge in [-0.3, -0.25) is 0 Å². The predicted molar refractivity (Wildman–Crippen MR) is 88.8 cm³/mol. The second-order valence-corrected chi connectivity index (χ2v) is 5.14. The number of carbonyl (C=O) groups is 1. The predicted octanol–water partition coefficient (Wildman–Crippen LogP) is 4.63. The third-order valence-electron chi connectivity index (χ3n) is 3.34. The monoisotopic (exact) mass is 314 g/mol. The number of aliphatic carboxylic acids is 1. The van der Waals surface area contributed by atoms with Gasteiger partial charge in [-0.25, -0.2) is 9.18 Å². The molecular formula is C19H19FO3. The Bertz CT molecular complexity index is 673. The smallest absolute Gasteiger partial charge is 0.336 e. The molecule has 2 aromatic carbocycles. The molecule has 0 bridgehead atoms. The van der Waals surface area contributed by atoms with Gasteiger partial charge in [0.1, 0.15) is 11.6 Å². The molecule has 0 heterocycles. The fraction of sp³-hybridized carbons (Fsp3) is 0.211. The molecule has 0 aliphatic rings. The lowest BCUT2D eigenvalue weighted by molar-refractivity contribution is -0.130. The van der Waals surface area contributed by atoms with Gasteiger partial charge in [0.25, 0.3) is 0 Å². The van der Waals surface area contributed by atoms with E-state index in [1.54, 1.807) is 18.2 Å². The molecule has 0 unspecified atom stereocenters. The van der Waals surface area contributed by atoms with Crippen molar-refractivity contribution < 1.29 is 19.0 Å². The molecule has 3 nitrogen and oxygen atoms in total. The summed E-state index contributed by atoms with van der Waals surface area (Å²) in [5, 5.41) is 9.37. The van der Waals surface area contributed by atoms with Crippen LogP contribution in [0.25, 0.3) is 11.6 Å². The molecule has 2 rings (SSSR count). The molecule has 0 saturated carbocycles. The largest absolute Gasteiger partial charge is 0.494 e. The molecular weight excluding hydrogens is 295 g/mol. The molecule has 0 fully saturated rings. The standard InChI is InChI=1S/C19H19FO3/c1-2-3-12-23-17-10-4-14(5-11-17)13-18(19(21)22)15-6-8-16(20)9-7-15/h4-11,13H,2-3,12H2,1H3,(H,21,22)/b18-13-. The third kappa shape index (κ3) is 4.95. The quantitative estimate of drug-likeness (QED) is 0.460. The lowest BCUT2D eigenvalue weighted by Crippen LogP contribution is -2.00. The highest BCUT2D eigenvalue weighted by Gasteiger charge is 2.10. The topological polar surface area (TPSA) is 46.5 Å². The SMILES string of the molecule is CCCCOc1ccc(/C=C(\C(=O)O)c2ccc(F)cc2)cc1. The highest BCUT2D eigenvalue weighted by Crippen LogP contribution is 2.21. The number of benzene rings is 2. The van der Waals surface area contributed by atoms with E-state index in [0.29, 0.717) is 12.2 Å². The molecule has 0 aromatic heterocycles. The molecule has 0 saturated heterocycles. The molecule has 120 valence electrons. The lowest BCUT2D eigenvalue weighted by atomic mass is 10.0. The Balaban J connectivity index is 2.19. The van der Waals surface area contributed by atoms with E-state index < -0.39 is 11.8 Å². The maximum atomic E-state index is 13.0. The number of rotatable bonds is 7. The van der Waals surface area contributed by atoms with Crippen LogP contribution in [0.4, 0.5) is 4.39 Å². The molecule has 0 aliphatic heterocycles. The Morgan fingerprint density at radius 2 is 1.78 bits per heavy atom. The van der Waals surface area contributed by atoms with Gasteiger partial charge in [0.15, 0.2) is 0 Å². The number of carboxylic acid groups (broad SMARTS) is 1. The molecule has 2 aromatic rings. The van der Waals surface area contributed by atoms with Crippen LogP contribution < -0.4 is 4.74 Å². The Morgan fingerprint density at radius 3 is 2.35 bits per heavy atom. The van der Waals surface area contributed by atoms with Crippen molar-refractivity contribution in [1.82, 2.24) is 0 Å². The van der Waals surface area contributed by atoms with E-state index in [-0.39, 0.29) is 5.57 Å². The van der Waals surface area contributed by atoms with Crippen molar-refractivity contribution in [2.75, 3.05) is 6.61 Å². The normalized spacial score (nSPS) is 11.3. The van der Waals surface area contributed by atoms with Gasteiger partial charge in [0.05, 0.1) is 12.2 Å². The first kappa shape index (κ1) is 16.7. The summed E-state index contributed by atoms with van der Waals surface area (Å²) in [5.74, 6) is -0.693. The summed E-state index contributed by atoms with van der Waals surface area (Å²) in [6.07, 6.45) is 3.63. The van der Waals surface area contributed by atoms with Crippen molar-refractivity contribution in [3.63, 3.8) is 0 Å². The summed E-state index contributed by atoms with van der Waals surface area (Å²) in [6.45, 7) is 2.77. The van der Waals surface area contributed by atoms with Crippen LogP contribution in [0.3, 0.4) is 0 Å². The number of ether oxygens (including phenoxy) is 1. The molecule has 0 amide bonds. The van der Waals surface area contributed by atoms with Crippen LogP contribution in [0.15, 0.2) is 48.5 Å². The average molecular weight is 314 g/mol. The van der Waals surface area contributed by atoms with Crippen LogP contribution in [0.2, 0.25) is 0 Å². The van der Waals surface area contributed by atoms with Gasteiger partial charge in [-0.1, -0.05) is 37.6 Å². The molecule has 0 atom stereocenters. The minimum atomic E-state index is -1.06. The average Bonchev–Trinajstić information content (AvgIpc) is 2.55. The van der Waals surface area contributed by atoms with Gasteiger partial charge < -0.3 is 9.84 Å². The minimum Gasteiger partial charge on any atom is -0.494 e. The number of hydrogen-bond donors (Lipinski definition) is 1. The van der Waals surface area contributed by atoms with E-state index in [2.05, 4.69) is 6.92 Å². The van der Waals surface area contributed by atoms with E-state index in [4.69, 9.17) is 4.74 Å². The van der Waals surface area contributed by atoms with Crippen LogP contribution in [0, 0.1) is 5.82 Å². The minimum absolute atomic E-state index is 0.115. The number of carboxylic acids is 1. The van der Waals surface area contributed by atoms with E-state index >= 15 is 0 Å². The number of hydrogen-bond acceptors (Lipinski definition) is 2. The van der Waals surface area contributed by atoms with Gasteiger partial charge in [0.2, 0.25) is 0 Å². The summed E-state index contributed by atoms with van der Waals surface area (Å²) in [6, 6.07) is 12.6. The summed E-state index contributed by atoms with van der Waals surface area (Å²) in [4.78, 5) is 11.4. The first-order valence-electron chi connectivity index (χ1n) is 7.54. The summed E-state index contributed by atoms with van der Waals surface area (Å²) in [5.41, 5.74) is 1.32. The summed E-state index contributed by atoms with van der Waals surface area (Å²) >= 11 is 0. The van der Waals surface area contributed by atoms with Gasteiger partial charge in [0, 0.05) is 0 Å². The Morgan fingerprint density at radius 1 is 1.13 bits per heavy atom. The van der Waals surface area contributed by atoms with Crippen molar-refractivity contribution in [3.8, 4) is 5.75 Å². The second-order valence-electron chi connectivity index (χ2n) is 5.14. The van der Waals surface area contributed by atoms with Crippen molar-refractivity contribution in [2.24, 2.45) is 0 Å². The molecule has 1 N–H and O–H groups in total. The van der Waals surface area contributed by atoms with E-state index in [9.17, 15) is 14.3 Å².